The minimum absolute atomic E-state index is 0.0189. The molecule has 1 aromatic carbocycles. The number of para-hydroxylation sites is 1. The van der Waals surface area contributed by atoms with Crippen LogP contribution in [0.15, 0.2) is 36.4 Å². The molecule has 3 aromatic rings. The molecule has 0 atom stereocenters. The first-order valence-corrected chi connectivity index (χ1v) is 13.0. The van der Waals surface area contributed by atoms with Gasteiger partial charge in [0.1, 0.15) is 16.4 Å². The summed E-state index contributed by atoms with van der Waals surface area (Å²) < 4.78 is 14.8. The molecule has 1 aliphatic carbocycles. The third kappa shape index (κ3) is 4.02. The van der Waals surface area contributed by atoms with Gasteiger partial charge in [-0.15, -0.1) is 0 Å². The quantitative estimate of drug-likeness (QED) is 0.363. The van der Waals surface area contributed by atoms with Crippen molar-refractivity contribution in [1.82, 2.24) is 24.8 Å². The molecule has 2 aliphatic heterocycles. The van der Waals surface area contributed by atoms with Gasteiger partial charge in [0.2, 0.25) is 5.91 Å². The number of aliphatic hydroxyl groups is 1. The van der Waals surface area contributed by atoms with Crippen molar-refractivity contribution in [2.24, 2.45) is 0 Å². The van der Waals surface area contributed by atoms with Gasteiger partial charge in [-0.1, -0.05) is 29.8 Å². The number of carbonyl (C=O) groups excluding carboxylic acids is 2. The smallest absolute Gasteiger partial charge is 0.317 e. The molecule has 1 spiro atoms. The summed E-state index contributed by atoms with van der Waals surface area (Å²) in [5.74, 6) is 0.589. The molecule has 2 fully saturated rings. The molecule has 37 heavy (non-hydrogen) atoms. The average molecular weight is 527 g/mol. The number of amides is 3. The summed E-state index contributed by atoms with van der Waals surface area (Å²) in [4.78, 5) is 39.1. The highest BCUT2D eigenvalue weighted by Gasteiger charge is 2.59. The van der Waals surface area contributed by atoms with E-state index in [4.69, 9.17) is 16.6 Å². The Kier molecular flexibility index (Phi) is 6.03. The number of carbonyl (C=O) groups is 2. The number of imidazole rings is 1. The number of urea groups is 1. The van der Waals surface area contributed by atoms with E-state index in [0.717, 1.165) is 16.8 Å². The van der Waals surface area contributed by atoms with E-state index in [1.807, 2.05) is 34.9 Å². The van der Waals surface area contributed by atoms with Crippen molar-refractivity contribution in [3.63, 3.8) is 0 Å². The zero-order valence-corrected chi connectivity index (χ0v) is 21.0. The summed E-state index contributed by atoms with van der Waals surface area (Å²) in [7, 11) is 0. The lowest BCUT2D eigenvalue weighted by atomic mass is 9.74. The zero-order valence-electron chi connectivity index (χ0n) is 20.2. The minimum atomic E-state index is -0.792. The first-order valence-electron chi connectivity index (χ1n) is 12.6. The summed E-state index contributed by atoms with van der Waals surface area (Å²) in [6, 6.07) is 11.0. The van der Waals surface area contributed by atoms with Crippen LogP contribution in [0.3, 0.4) is 0 Å². The second-order valence-electron chi connectivity index (χ2n) is 10.2. The lowest BCUT2D eigenvalue weighted by molar-refractivity contribution is -0.128. The molecule has 1 saturated heterocycles. The molecular weight excluding hydrogens is 499 g/mol. The van der Waals surface area contributed by atoms with Gasteiger partial charge in [-0.3, -0.25) is 9.18 Å². The van der Waals surface area contributed by atoms with Gasteiger partial charge in [-0.2, -0.15) is 0 Å². The Morgan fingerprint density at radius 1 is 1.16 bits per heavy atom. The molecule has 0 bridgehead atoms. The van der Waals surface area contributed by atoms with Crippen LogP contribution in [0.25, 0.3) is 11.2 Å². The highest BCUT2D eigenvalue weighted by molar-refractivity contribution is 6.29. The van der Waals surface area contributed by atoms with Gasteiger partial charge in [-0.25, -0.2) is 14.8 Å². The number of rotatable bonds is 7. The average Bonchev–Trinajstić information content (AvgIpc) is 3.29. The molecule has 0 unspecified atom stereocenters. The number of alkyl halides is 1. The number of unbranched alkanes of at least 4 members (excludes halogenated alkanes) is 1. The number of anilines is 1. The van der Waals surface area contributed by atoms with E-state index in [1.54, 1.807) is 15.9 Å². The summed E-state index contributed by atoms with van der Waals surface area (Å²) in [5, 5.41) is 12.8. The molecule has 6 rings (SSSR count). The van der Waals surface area contributed by atoms with Crippen LogP contribution in [0.1, 0.15) is 37.1 Å². The predicted molar refractivity (Wildman–Crippen MR) is 136 cm³/mol. The Balaban J connectivity index is 1.26. The Morgan fingerprint density at radius 2 is 1.95 bits per heavy atom. The second kappa shape index (κ2) is 9.25. The van der Waals surface area contributed by atoms with Crippen LogP contribution >= 0.6 is 11.6 Å². The first kappa shape index (κ1) is 24.1. The van der Waals surface area contributed by atoms with Crippen molar-refractivity contribution in [3.8, 4) is 0 Å². The number of halogens is 2. The van der Waals surface area contributed by atoms with E-state index in [-0.39, 0.29) is 30.6 Å². The third-order valence-corrected chi connectivity index (χ3v) is 7.95. The van der Waals surface area contributed by atoms with Crippen LogP contribution in [-0.2, 0) is 23.3 Å². The molecule has 3 aliphatic rings. The van der Waals surface area contributed by atoms with Crippen molar-refractivity contribution >= 4 is 40.4 Å². The molecule has 3 amide bonds. The molecule has 9 nitrogen and oxygen atoms in total. The fourth-order valence-electron chi connectivity index (χ4n) is 5.69. The van der Waals surface area contributed by atoms with Crippen molar-refractivity contribution in [2.75, 3.05) is 24.7 Å². The van der Waals surface area contributed by atoms with E-state index in [9.17, 15) is 19.1 Å². The van der Waals surface area contributed by atoms with Crippen molar-refractivity contribution in [1.29, 1.82) is 0 Å². The number of likely N-dealkylation sites (tertiary alicyclic amines) is 1. The van der Waals surface area contributed by atoms with E-state index in [1.165, 1.54) is 0 Å². The van der Waals surface area contributed by atoms with Crippen LogP contribution in [0.2, 0.25) is 5.15 Å². The van der Waals surface area contributed by atoms with Gasteiger partial charge in [0.05, 0.1) is 24.8 Å². The number of aryl methyl sites for hydroxylation is 1. The maximum Gasteiger partial charge on any atom is 0.317 e. The third-order valence-electron chi connectivity index (χ3n) is 7.74. The highest BCUT2D eigenvalue weighted by Crippen LogP contribution is 2.48. The number of aromatic nitrogens is 3. The molecular formula is C26H28ClFN6O3. The molecule has 0 radical (unpaired) electrons. The number of hydrogen-bond acceptors (Lipinski definition) is 5. The van der Waals surface area contributed by atoms with E-state index >= 15 is 0 Å². The van der Waals surface area contributed by atoms with Crippen LogP contribution in [0.5, 0.6) is 0 Å². The molecule has 2 N–H and O–H groups in total. The normalized spacial score (nSPS) is 21.8. The highest BCUT2D eigenvalue weighted by atomic mass is 35.5. The van der Waals surface area contributed by atoms with Gasteiger partial charge in [0.15, 0.2) is 5.65 Å². The maximum atomic E-state index is 13.9. The minimum Gasteiger partial charge on any atom is -0.393 e. The fourth-order valence-corrected chi connectivity index (χ4v) is 5.83. The van der Waals surface area contributed by atoms with Gasteiger partial charge in [0, 0.05) is 31.4 Å². The number of pyridine rings is 1. The molecule has 1 saturated carbocycles. The fraction of sp³-hybridized carbons (Fsp3) is 0.462. The van der Waals surface area contributed by atoms with E-state index in [2.05, 4.69) is 10.3 Å². The number of aliphatic hydroxyl groups excluding tert-OH is 1. The van der Waals surface area contributed by atoms with Crippen molar-refractivity contribution < 1.29 is 19.1 Å². The zero-order chi connectivity index (χ0) is 25.7. The maximum absolute atomic E-state index is 13.9. The molecule has 2 aromatic heterocycles. The predicted octanol–water partition coefficient (Wildman–Crippen LogP) is 3.17. The molecule has 194 valence electrons. The SMILES string of the molecule is O=C(NC1CC(O)C1)N1CC2(C1)C(=O)N(Cc1nc3nc(Cl)ccc3n1CCCCF)c1ccccc12. The molecule has 11 heteroatoms. The Labute approximate surface area is 218 Å². The van der Waals surface area contributed by atoms with Crippen molar-refractivity contribution in [2.45, 2.75) is 56.3 Å². The van der Waals surface area contributed by atoms with Crippen molar-refractivity contribution in [3.05, 3.63) is 52.9 Å². The second-order valence-corrected chi connectivity index (χ2v) is 10.6. The number of hydrogen-bond donors (Lipinski definition) is 2. The van der Waals surface area contributed by atoms with E-state index < -0.39 is 12.1 Å². The summed E-state index contributed by atoms with van der Waals surface area (Å²) in [6.45, 7) is 0.984. The Hall–Kier alpha value is -3.24. The van der Waals surface area contributed by atoms with E-state index in [0.29, 0.717) is 61.9 Å². The van der Waals surface area contributed by atoms with Crippen LogP contribution in [-0.4, -0.2) is 68.4 Å². The largest absolute Gasteiger partial charge is 0.393 e. The van der Waals surface area contributed by atoms with Gasteiger partial charge < -0.3 is 24.8 Å². The topological polar surface area (TPSA) is 104 Å². The summed E-state index contributed by atoms with van der Waals surface area (Å²) in [5.41, 5.74) is 2.21. The standard InChI is InChI=1S/C26H28ClFN6O3/c27-21-8-7-20-23(30-21)31-22(33(20)10-4-3-9-28)13-34-19-6-2-1-5-18(19)26(24(34)36)14-32(15-26)25(37)29-16-11-17(35)12-16/h1-2,5-8,16-17,35H,3-4,9-15H2,(H,29,37). The molecule has 4 heterocycles. The van der Waals surface area contributed by atoms with Crippen LogP contribution in [0.4, 0.5) is 14.9 Å². The Morgan fingerprint density at radius 3 is 2.70 bits per heavy atom. The lowest BCUT2D eigenvalue weighted by Crippen LogP contribution is -2.67. The van der Waals surface area contributed by atoms with Gasteiger partial charge in [-0.05, 0) is 49.4 Å². The number of benzene rings is 1. The van der Waals surface area contributed by atoms with Crippen LogP contribution < -0.4 is 10.2 Å². The van der Waals surface area contributed by atoms with Gasteiger partial charge in [0.25, 0.3) is 0 Å². The Bertz CT molecular complexity index is 1370. The number of nitrogens with one attached hydrogen (secondary N) is 1. The number of nitrogens with zero attached hydrogens (tertiary/aromatic N) is 5. The number of fused-ring (bicyclic) bond motifs is 3. The monoisotopic (exact) mass is 526 g/mol. The van der Waals surface area contributed by atoms with Gasteiger partial charge >= 0.3 is 6.03 Å². The van der Waals surface area contributed by atoms with Crippen LogP contribution in [0, 0.1) is 0 Å². The summed E-state index contributed by atoms with van der Waals surface area (Å²) in [6.07, 6.45) is 1.84. The summed E-state index contributed by atoms with van der Waals surface area (Å²) >= 11 is 6.10. The lowest BCUT2D eigenvalue weighted by Gasteiger charge is -2.47. The first-order chi connectivity index (χ1) is 17.9.